The van der Waals surface area contributed by atoms with Gasteiger partial charge in [-0.3, -0.25) is 4.57 Å². The van der Waals surface area contributed by atoms with Crippen LogP contribution in [0.25, 0.3) is 11.2 Å². The molecule has 3 aromatic heterocycles. The molecule has 0 aliphatic heterocycles. The third kappa shape index (κ3) is 1.60. The van der Waals surface area contributed by atoms with Gasteiger partial charge in [-0.1, -0.05) is 0 Å². The Labute approximate surface area is 103 Å². The van der Waals surface area contributed by atoms with Gasteiger partial charge in [0.05, 0.1) is 6.54 Å². The van der Waals surface area contributed by atoms with Gasteiger partial charge in [-0.15, -0.1) is 10.2 Å². The summed E-state index contributed by atoms with van der Waals surface area (Å²) in [5, 5.41) is 7.88. The number of aryl methyl sites for hydroxylation is 2. The van der Waals surface area contributed by atoms with Gasteiger partial charge >= 0.3 is 0 Å². The van der Waals surface area contributed by atoms with E-state index in [9.17, 15) is 0 Å². The second-order valence-corrected chi connectivity index (χ2v) is 4.27. The SMILES string of the molecule is Cc1cnc2c(c1)nc(N)n2Cc1nncn1C. The van der Waals surface area contributed by atoms with Crippen LogP contribution in [0.3, 0.4) is 0 Å². The lowest BCUT2D eigenvalue weighted by atomic mass is 10.3. The fourth-order valence-corrected chi connectivity index (χ4v) is 1.88. The molecule has 0 aliphatic carbocycles. The van der Waals surface area contributed by atoms with Crippen LogP contribution in [0.5, 0.6) is 0 Å². The number of anilines is 1. The summed E-state index contributed by atoms with van der Waals surface area (Å²) >= 11 is 0. The van der Waals surface area contributed by atoms with Crippen molar-refractivity contribution in [3.05, 3.63) is 30.0 Å². The molecule has 7 heteroatoms. The van der Waals surface area contributed by atoms with Crippen LogP contribution < -0.4 is 5.73 Å². The molecule has 0 atom stereocenters. The van der Waals surface area contributed by atoms with E-state index in [2.05, 4.69) is 20.2 Å². The molecular formula is C11H13N7. The molecule has 18 heavy (non-hydrogen) atoms. The highest BCUT2D eigenvalue weighted by atomic mass is 15.3. The van der Waals surface area contributed by atoms with E-state index >= 15 is 0 Å². The minimum atomic E-state index is 0.436. The molecule has 3 rings (SSSR count). The molecule has 0 aromatic carbocycles. The maximum atomic E-state index is 5.92. The Morgan fingerprint density at radius 1 is 1.39 bits per heavy atom. The molecule has 3 heterocycles. The van der Waals surface area contributed by atoms with Crippen LogP contribution in [0.2, 0.25) is 0 Å². The van der Waals surface area contributed by atoms with Crippen LogP contribution in [0.15, 0.2) is 18.6 Å². The van der Waals surface area contributed by atoms with Crippen molar-refractivity contribution in [2.75, 3.05) is 5.73 Å². The summed E-state index contributed by atoms with van der Waals surface area (Å²) in [6.45, 7) is 2.49. The first-order valence-corrected chi connectivity index (χ1v) is 5.56. The highest BCUT2D eigenvalue weighted by molar-refractivity contribution is 5.74. The normalized spacial score (nSPS) is 11.2. The van der Waals surface area contributed by atoms with E-state index < -0.39 is 0 Å². The van der Waals surface area contributed by atoms with Crippen molar-refractivity contribution < 1.29 is 0 Å². The van der Waals surface area contributed by atoms with Crippen LogP contribution in [-0.4, -0.2) is 29.3 Å². The summed E-state index contributed by atoms with van der Waals surface area (Å²) in [5.41, 5.74) is 8.55. The van der Waals surface area contributed by atoms with Gasteiger partial charge < -0.3 is 10.3 Å². The first kappa shape index (κ1) is 10.7. The van der Waals surface area contributed by atoms with Crippen molar-refractivity contribution in [2.24, 2.45) is 7.05 Å². The molecular weight excluding hydrogens is 230 g/mol. The zero-order valence-corrected chi connectivity index (χ0v) is 10.2. The number of nitrogens with zero attached hydrogens (tertiary/aromatic N) is 6. The van der Waals surface area contributed by atoms with E-state index in [1.807, 2.05) is 29.2 Å². The van der Waals surface area contributed by atoms with E-state index in [1.165, 1.54) is 0 Å². The maximum Gasteiger partial charge on any atom is 0.202 e. The summed E-state index contributed by atoms with van der Waals surface area (Å²) in [7, 11) is 1.89. The Morgan fingerprint density at radius 3 is 2.94 bits per heavy atom. The van der Waals surface area contributed by atoms with Crippen LogP contribution in [0.1, 0.15) is 11.4 Å². The topological polar surface area (TPSA) is 87.4 Å². The molecule has 0 radical (unpaired) electrons. The van der Waals surface area contributed by atoms with Gasteiger partial charge in [-0.25, -0.2) is 9.97 Å². The van der Waals surface area contributed by atoms with Gasteiger partial charge in [0.25, 0.3) is 0 Å². The minimum absolute atomic E-state index is 0.436. The average Bonchev–Trinajstić information content (AvgIpc) is 2.85. The van der Waals surface area contributed by atoms with Gasteiger partial charge in [0.2, 0.25) is 5.95 Å². The van der Waals surface area contributed by atoms with Gasteiger partial charge in [0.1, 0.15) is 11.8 Å². The summed E-state index contributed by atoms with van der Waals surface area (Å²) in [4.78, 5) is 8.68. The Hall–Kier alpha value is -2.44. The van der Waals surface area contributed by atoms with Gasteiger partial charge in [-0.05, 0) is 18.6 Å². The second kappa shape index (κ2) is 3.80. The van der Waals surface area contributed by atoms with Gasteiger partial charge in [-0.2, -0.15) is 0 Å². The van der Waals surface area contributed by atoms with E-state index in [1.54, 1.807) is 12.5 Å². The molecule has 2 N–H and O–H groups in total. The van der Waals surface area contributed by atoms with Crippen molar-refractivity contribution in [1.29, 1.82) is 0 Å². The number of nitrogen functional groups attached to an aromatic ring is 1. The summed E-state index contributed by atoms with van der Waals surface area (Å²) < 4.78 is 3.68. The number of pyridine rings is 1. The molecule has 7 nitrogen and oxygen atoms in total. The van der Waals surface area contributed by atoms with Crippen molar-refractivity contribution in [1.82, 2.24) is 29.3 Å². The van der Waals surface area contributed by atoms with Crippen molar-refractivity contribution in [2.45, 2.75) is 13.5 Å². The summed E-state index contributed by atoms with van der Waals surface area (Å²) in [6.07, 6.45) is 3.46. The number of rotatable bonds is 2. The quantitative estimate of drug-likeness (QED) is 0.708. The number of hydrogen-bond donors (Lipinski definition) is 1. The number of imidazole rings is 1. The average molecular weight is 243 g/mol. The van der Waals surface area contributed by atoms with E-state index in [4.69, 9.17) is 5.73 Å². The molecule has 3 aromatic rings. The lowest BCUT2D eigenvalue weighted by molar-refractivity contribution is 0.714. The number of nitrogens with two attached hydrogens (primary N) is 1. The second-order valence-electron chi connectivity index (χ2n) is 4.27. The Kier molecular flexibility index (Phi) is 2.26. The number of hydrogen-bond acceptors (Lipinski definition) is 5. The predicted molar refractivity (Wildman–Crippen MR) is 66.8 cm³/mol. The monoisotopic (exact) mass is 243 g/mol. The molecule has 0 aliphatic rings. The summed E-state index contributed by atoms with van der Waals surface area (Å²) in [5.74, 6) is 1.24. The molecule has 0 saturated heterocycles. The molecule has 0 unspecified atom stereocenters. The summed E-state index contributed by atoms with van der Waals surface area (Å²) in [6, 6.07) is 1.96. The largest absolute Gasteiger partial charge is 0.369 e. The highest BCUT2D eigenvalue weighted by Gasteiger charge is 2.12. The first-order chi connectivity index (χ1) is 8.65. The molecule has 0 spiro atoms. The zero-order valence-electron chi connectivity index (χ0n) is 10.2. The molecule has 0 fully saturated rings. The van der Waals surface area contributed by atoms with Crippen LogP contribution in [-0.2, 0) is 13.6 Å². The Morgan fingerprint density at radius 2 is 2.22 bits per heavy atom. The lowest BCUT2D eigenvalue weighted by Gasteiger charge is -2.04. The maximum absolute atomic E-state index is 5.92. The molecule has 92 valence electrons. The third-order valence-corrected chi connectivity index (χ3v) is 2.86. The zero-order chi connectivity index (χ0) is 12.7. The number of aromatic nitrogens is 6. The van der Waals surface area contributed by atoms with Crippen LogP contribution in [0, 0.1) is 6.92 Å². The minimum Gasteiger partial charge on any atom is -0.369 e. The predicted octanol–water partition coefficient (Wildman–Crippen LogP) is 0.499. The first-order valence-electron chi connectivity index (χ1n) is 5.56. The van der Waals surface area contributed by atoms with Crippen molar-refractivity contribution >= 4 is 17.1 Å². The molecule has 0 bridgehead atoms. The van der Waals surface area contributed by atoms with Crippen LogP contribution in [0.4, 0.5) is 5.95 Å². The van der Waals surface area contributed by atoms with Gasteiger partial charge in [0, 0.05) is 13.2 Å². The van der Waals surface area contributed by atoms with Crippen molar-refractivity contribution in [3.63, 3.8) is 0 Å². The van der Waals surface area contributed by atoms with E-state index in [0.29, 0.717) is 12.5 Å². The molecule has 0 saturated carbocycles. The Balaban J connectivity index is 2.11. The molecule has 0 amide bonds. The van der Waals surface area contributed by atoms with Gasteiger partial charge in [0.15, 0.2) is 11.5 Å². The fourth-order valence-electron chi connectivity index (χ4n) is 1.88. The van der Waals surface area contributed by atoms with Crippen LogP contribution >= 0.6 is 0 Å². The Bertz CT molecular complexity index is 709. The van der Waals surface area contributed by atoms with Crippen molar-refractivity contribution in [3.8, 4) is 0 Å². The third-order valence-electron chi connectivity index (χ3n) is 2.86. The highest BCUT2D eigenvalue weighted by Crippen LogP contribution is 2.17. The standard InChI is InChI=1S/C11H13N7/c1-7-3-8-10(13-4-7)18(11(12)15-8)5-9-16-14-6-17(9)2/h3-4,6H,5H2,1-2H3,(H2,12,15). The van der Waals surface area contributed by atoms with E-state index in [0.717, 1.165) is 22.6 Å². The number of fused-ring (bicyclic) bond motifs is 1. The van der Waals surface area contributed by atoms with E-state index in [-0.39, 0.29) is 0 Å². The lowest BCUT2D eigenvalue weighted by Crippen LogP contribution is -2.09. The smallest absolute Gasteiger partial charge is 0.202 e. The fraction of sp³-hybridized carbons (Fsp3) is 0.273.